The van der Waals surface area contributed by atoms with Gasteiger partial charge in [-0.3, -0.25) is 4.68 Å². The van der Waals surface area contributed by atoms with Gasteiger partial charge in [-0.2, -0.15) is 5.10 Å². The fourth-order valence-electron chi connectivity index (χ4n) is 1.96. The van der Waals surface area contributed by atoms with Gasteiger partial charge in [0.15, 0.2) is 0 Å². The van der Waals surface area contributed by atoms with Crippen LogP contribution in [0.1, 0.15) is 23.9 Å². The number of hydrogen-bond donors (Lipinski definition) is 1. The van der Waals surface area contributed by atoms with Crippen LogP contribution in [0.25, 0.3) is 0 Å². The molecule has 0 aliphatic carbocycles. The molecule has 0 aliphatic rings. The van der Waals surface area contributed by atoms with E-state index in [9.17, 15) is 0 Å². The van der Waals surface area contributed by atoms with Gasteiger partial charge in [-0.05, 0) is 47.1 Å². The SMILES string of the molecule is CCNCc1ccc(SCc2c(Br)c(C)nn2C)cc1. The van der Waals surface area contributed by atoms with E-state index in [0.29, 0.717) is 0 Å². The molecule has 0 atom stereocenters. The zero-order valence-electron chi connectivity index (χ0n) is 12.1. The Hall–Kier alpha value is -0.780. The van der Waals surface area contributed by atoms with E-state index in [4.69, 9.17) is 0 Å². The number of aryl methyl sites for hydroxylation is 2. The van der Waals surface area contributed by atoms with Gasteiger partial charge in [-0.25, -0.2) is 0 Å². The lowest BCUT2D eigenvalue weighted by atomic mass is 10.2. The minimum Gasteiger partial charge on any atom is -0.313 e. The molecule has 2 aromatic rings. The number of hydrogen-bond acceptors (Lipinski definition) is 3. The quantitative estimate of drug-likeness (QED) is 0.798. The average Bonchev–Trinajstić information content (AvgIpc) is 2.69. The summed E-state index contributed by atoms with van der Waals surface area (Å²) >= 11 is 5.45. The highest BCUT2D eigenvalue weighted by Crippen LogP contribution is 2.28. The molecule has 2 rings (SSSR count). The molecule has 0 radical (unpaired) electrons. The molecule has 1 heterocycles. The van der Waals surface area contributed by atoms with Crippen LogP contribution in [0.15, 0.2) is 33.6 Å². The second kappa shape index (κ2) is 7.29. The van der Waals surface area contributed by atoms with E-state index in [1.165, 1.54) is 16.2 Å². The third-order valence-electron chi connectivity index (χ3n) is 3.14. The molecule has 5 heteroatoms. The van der Waals surface area contributed by atoms with Crippen LogP contribution < -0.4 is 5.32 Å². The fourth-order valence-corrected chi connectivity index (χ4v) is 3.59. The summed E-state index contributed by atoms with van der Waals surface area (Å²) in [6.07, 6.45) is 0. The molecular formula is C15H20BrN3S. The Morgan fingerprint density at radius 2 is 2.00 bits per heavy atom. The number of nitrogens with zero attached hydrogens (tertiary/aromatic N) is 2. The van der Waals surface area contributed by atoms with Gasteiger partial charge < -0.3 is 5.32 Å². The summed E-state index contributed by atoms with van der Waals surface area (Å²) in [7, 11) is 1.99. The minimum absolute atomic E-state index is 0.921. The Kier molecular flexibility index (Phi) is 5.69. The van der Waals surface area contributed by atoms with Crippen molar-refractivity contribution < 1.29 is 0 Å². The predicted octanol–water partition coefficient (Wildman–Crippen LogP) is 3.89. The lowest BCUT2D eigenvalue weighted by Gasteiger charge is -2.06. The van der Waals surface area contributed by atoms with Crippen molar-refractivity contribution in [3.63, 3.8) is 0 Å². The molecule has 1 aromatic carbocycles. The number of benzene rings is 1. The van der Waals surface area contributed by atoms with Gasteiger partial charge in [0.25, 0.3) is 0 Å². The molecule has 3 nitrogen and oxygen atoms in total. The zero-order chi connectivity index (χ0) is 14.5. The Morgan fingerprint density at radius 1 is 1.30 bits per heavy atom. The smallest absolute Gasteiger partial charge is 0.0738 e. The lowest BCUT2D eigenvalue weighted by molar-refractivity contribution is 0.726. The summed E-state index contributed by atoms with van der Waals surface area (Å²) in [4.78, 5) is 1.29. The van der Waals surface area contributed by atoms with Crippen molar-refractivity contribution in [1.82, 2.24) is 15.1 Å². The Bertz CT molecular complexity index is 563. The Balaban J connectivity index is 1.97. The summed E-state index contributed by atoms with van der Waals surface area (Å²) in [6.45, 7) is 6.09. The first-order valence-electron chi connectivity index (χ1n) is 6.72. The molecule has 0 fully saturated rings. The fraction of sp³-hybridized carbons (Fsp3) is 0.400. The van der Waals surface area contributed by atoms with Gasteiger partial charge in [0, 0.05) is 24.2 Å². The van der Waals surface area contributed by atoms with Crippen molar-refractivity contribution >= 4 is 27.7 Å². The number of halogens is 1. The van der Waals surface area contributed by atoms with E-state index in [1.807, 2.05) is 30.4 Å². The molecule has 0 spiro atoms. The summed E-state index contributed by atoms with van der Waals surface area (Å²) < 4.78 is 3.07. The third kappa shape index (κ3) is 3.87. The van der Waals surface area contributed by atoms with Crippen molar-refractivity contribution in [1.29, 1.82) is 0 Å². The molecule has 0 aliphatic heterocycles. The maximum atomic E-state index is 4.42. The minimum atomic E-state index is 0.921. The zero-order valence-corrected chi connectivity index (χ0v) is 14.5. The van der Waals surface area contributed by atoms with Crippen molar-refractivity contribution in [2.45, 2.75) is 31.0 Å². The number of aromatic nitrogens is 2. The molecule has 1 N–H and O–H groups in total. The lowest BCUT2D eigenvalue weighted by Crippen LogP contribution is -2.11. The van der Waals surface area contributed by atoms with Crippen LogP contribution in [0.4, 0.5) is 0 Å². The third-order valence-corrected chi connectivity index (χ3v) is 5.19. The molecule has 0 saturated carbocycles. The van der Waals surface area contributed by atoms with Crippen molar-refractivity contribution in [3.05, 3.63) is 45.7 Å². The predicted molar refractivity (Wildman–Crippen MR) is 89.0 cm³/mol. The van der Waals surface area contributed by atoms with Gasteiger partial charge in [0.2, 0.25) is 0 Å². The van der Waals surface area contributed by atoms with Crippen LogP contribution >= 0.6 is 27.7 Å². The highest BCUT2D eigenvalue weighted by atomic mass is 79.9. The van der Waals surface area contributed by atoms with Crippen LogP contribution in [0.5, 0.6) is 0 Å². The molecule has 1 aromatic heterocycles. The first-order valence-corrected chi connectivity index (χ1v) is 8.50. The average molecular weight is 354 g/mol. The maximum absolute atomic E-state index is 4.42. The van der Waals surface area contributed by atoms with Gasteiger partial charge in [-0.15, -0.1) is 11.8 Å². The molecule has 20 heavy (non-hydrogen) atoms. The number of rotatable bonds is 6. The molecule has 0 unspecified atom stereocenters. The molecule has 0 bridgehead atoms. The topological polar surface area (TPSA) is 29.9 Å². The van der Waals surface area contributed by atoms with E-state index >= 15 is 0 Å². The van der Waals surface area contributed by atoms with Gasteiger partial charge in [-0.1, -0.05) is 19.1 Å². The normalized spacial score (nSPS) is 11.0. The van der Waals surface area contributed by atoms with E-state index in [1.54, 1.807) is 0 Å². The highest BCUT2D eigenvalue weighted by molar-refractivity contribution is 9.10. The highest BCUT2D eigenvalue weighted by Gasteiger charge is 2.10. The Labute approximate surface area is 133 Å². The standard InChI is InChI=1S/C15H20BrN3S/c1-4-17-9-12-5-7-13(8-6-12)20-10-14-15(16)11(2)18-19(14)3/h5-8,17H,4,9-10H2,1-3H3. The summed E-state index contributed by atoms with van der Waals surface area (Å²) in [5, 5.41) is 7.75. The number of nitrogens with one attached hydrogen (secondary N) is 1. The monoisotopic (exact) mass is 353 g/mol. The summed E-state index contributed by atoms with van der Waals surface area (Å²) in [5.74, 6) is 0.921. The van der Waals surface area contributed by atoms with Crippen LogP contribution in [0, 0.1) is 6.92 Å². The molecule has 0 saturated heterocycles. The first kappa shape index (κ1) is 15.6. The van der Waals surface area contributed by atoms with Gasteiger partial charge in [0.1, 0.15) is 0 Å². The molecular weight excluding hydrogens is 334 g/mol. The largest absolute Gasteiger partial charge is 0.313 e. The maximum Gasteiger partial charge on any atom is 0.0738 e. The van der Waals surface area contributed by atoms with E-state index in [-0.39, 0.29) is 0 Å². The van der Waals surface area contributed by atoms with Crippen LogP contribution in [-0.2, 0) is 19.3 Å². The van der Waals surface area contributed by atoms with Crippen molar-refractivity contribution in [2.24, 2.45) is 7.05 Å². The van der Waals surface area contributed by atoms with Crippen LogP contribution in [0.2, 0.25) is 0 Å². The second-order valence-corrected chi connectivity index (χ2v) is 6.52. The van der Waals surface area contributed by atoms with E-state index in [0.717, 1.165) is 29.0 Å². The van der Waals surface area contributed by atoms with Crippen LogP contribution in [-0.4, -0.2) is 16.3 Å². The van der Waals surface area contributed by atoms with Gasteiger partial charge in [0.05, 0.1) is 15.9 Å². The summed E-state index contributed by atoms with van der Waals surface area (Å²) in [6, 6.07) is 8.76. The van der Waals surface area contributed by atoms with Crippen molar-refractivity contribution in [3.8, 4) is 0 Å². The second-order valence-electron chi connectivity index (χ2n) is 4.68. The van der Waals surface area contributed by atoms with Crippen molar-refractivity contribution in [2.75, 3.05) is 6.54 Å². The van der Waals surface area contributed by atoms with Crippen LogP contribution in [0.3, 0.4) is 0 Å². The van der Waals surface area contributed by atoms with E-state index < -0.39 is 0 Å². The Morgan fingerprint density at radius 3 is 2.55 bits per heavy atom. The number of thioether (sulfide) groups is 1. The van der Waals surface area contributed by atoms with Gasteiger partial charge >= 0.3 is 0 Å². The van der Waals surface area contributed by atoms with E-state index in [2.05, 4.69) is 57.5 Å². The molecule has 0 amide bonds. The first-order chi connectivity index (χ1) is 9.61. The molecule has 108 valence electrons. The summed E-state index contributed by atoms with van der Waals surface area (Å²) in [5.41, 5.74) is 3.60.